The van der Waals surface area contributed by atoms with Gasteiger partial charge in [0.25, 0.3) is 0 Å². The van der Waals surface area contributed by atoms with Crippen molar-refractivity contribution in [1.82, 2.24) is 0 Å². The van der Waals surface area contributed by atoms with Crippen LogP contribution in [0.25, 0.3) is 0 Å². The highest BCUT2D eigenvalue weighted by molar-refractivity contribution is 8.14. The minimum Gasteiger partial charge on any atom is -0.381 e. The maximum atomic E-state index is 13.7. The number of ether oxygens (including phenoxy) is 1. The van der Waals surface area contributed by atoms with E-state index < -0.39 is 20.1 Å². The van der Waals surface area contributed by atoms with Crippen molar-refractivity contribution in [2.24, 2.45) is 5.92 Å². The first-order valence-electron chi connectivity index (χ1n) is 5.83. The number of benzene rings is 1. The topological polar surface area (TPSA) is 43.4 Å². The van der Waals surface area contributed by atoms with Crippen molar-refractivity contribution in [2.75, 3.05) is 13.2 Å². The highest BCUT2D eigenvalue weighted by atomic mass is 35.7. The molecule has 0 radical (unpaired) electrons. The monoisotopic (exact) mass is 326 g/mol. The van der Waals surface area contributed by atoms with Crippen molar-refractivity contribution in [1.29, 1.82) is 0 Å². The largest absolute Gasteiger partial charge is 0.381 e. The third kappa shape index (κ3) is 3.60. The predicted octanol–water partition coefficient (Wildman–Crippen LogP) is 3.00. The third-order valence-corrected chi connectivity index (χ3v) is 5.68. The SMILES string of the molecule is O=S(=O)(Cl)[C@@H]1CCOC[C@@H]1Cc1c(F)cccc1Cl. The predicted molar refractivity (Wildman–Crippen MR) is 72.6 cm³/mol. The van der Waals surface area contributed by atoms with Crippen LogP contribution >= 0.6 is 22.3 Å². The van der Waals surface area contributed by atoms with E-state index in [9.17, 15) is 12.8 Å². The van der Waals surface area contributed by atoms with Crippen LogP contribution in [0.5, 0.6) is 0 Å². The molecule has 0 N–H and O–H groups in total. The molecule has 1 aromatic carbocycles. The van der Waals surface area contributed by atoms with Gasteiger partial charge >= 0.3 is 0 Å². The Labute approximate surface area is 121 Å². The van der Waals surface area contributed by atoms with Gasteiger partial charge in [0.2, 0.25) is 9.05 Å². The molecule has 3 nitrogen and oxygen atoms in total. The van der Waals surface area contributed by atoms with Crippen molar-refractivity contribution < 1.29 is 17.5 Å². The van der Waals surface area contributed by atoms with E-state index in [-0.39, 0.29) is 24.0 Å². The Morgan fingerprint density at radius 1 is 1.42 bits per heavy atom. The smallest absolute Gasteiger partial charge is 0.235 e. The van der Waals surface area contributed by atoms with E-state index in [1.807, 2.05) is 0 Å². The van der Waals surface area contributed by atoms with Gasteiger partial charge in [-0.2, -0.15) is 0 Å². The summed E-state index contributed by atoms with van der Waals surface area (Å²) in [6.07, 6.45) is 0.519. The molecule has 1 aliphatic heterocycles. The van der Waals surface area contributed by atoms with Crippen LogP contribution in [0.4, 0.5) is 4.39 Å². The molecular weight excluding hydrogens is 314 g/mol. The first-order chi connectivity index (χ1) is 8.89. The lowest BCUT2D eigenvalue weighted by molar-refractivity contribution is 0.0574. The molecule has 1 aromatic rings. The summed E-state index contributed by atoms with van der Waals surface area (Å²) < 4.78 is 42.1. The number of halogens is 3. The van der Waals surface area contributed by atoms with Gasteiger partial charge in [0.15, 0.2) is 0 Å². The second kappa shape index (κ2) is 5.95. The van der Waals surface area contributed by atoms with Crippen LogP contribution in [0.3, 0.4) is 0 Å². The lowest BCUT2D eigenvalue weighted by Crippen LogP contribution is -2.37. The summed E-state index contributed by atoms with van der Waals surface area (Å²) in [6, 6.07) is 4.39. The highest BCUT2D eigenvalue weighted by Gasteiger charge is 2.35. The number of rotatable bonds is 3. The Morgan fingerprint density at radius 3 is 2.79 bits per heavy atom. The van der Waals surface area contributed by atoms with Gasteiger partial charge in [-0.25, -0.2) is 12.8 Å². The third-order valence-electron chi connectivity index (χ3n) is 3.29. The number of hydrogen-bond acceptors (Lipinski definition) is 3. The summed E-state index contributed by atoms with van der Waals surface area (Å²) in [5, 5.41) is -0.435. The van der Waals surface area contributed by atoms with E-state index >= 15 is 0 Å². The average Bonchev–Trinajstić information content (AvgIpc) is 2.33. The van der Waals surface area contributed by atoms with Crippen molar-refractivity contribution in [3.8, 4) is 0 Å². The summed E-state index contributed by atoms with van der Waals surface area (Å²) in [4.78, 5) is 0. The quantitative estimate of drug-likeness (QED) is 0.802. The Balaban J connectivity index is 2.25. The van der Waals surface area contributed by atoms with Crippen LogP contribution in [0.2, 0.25) is 5.02 Å². The van der Waals surface area contributed by atoms with Crippen LogP contribution < -0.4 is 0 Å². The molecule has 0 aliphatic carbocycles. The normalized spacial score (nSPS) is 24.4. The zero-order chi connectivity index (χ0) is 14.0. The van der Waals surface area contributed by atoms with E-state index in [0.29, 0.717) is 18.6 Å². The fraction of sp³-hybridized carbons (Fsp3) is 0.500. The molecule has 2 rings (SSSR count). The second-order valence-corrected chi connectivity index (χ2v) is 7.80. The first-order valence-corrected chi connectivity index (χ1v) is 8.58. The standard InChI is InChI=1S/C12H13Cl2FO3S/c13-10-2-1-3-11(15)9(10)6-8-7-18-5-4-12(8)19(14,16)17/h1-3,8,12H,4-7H2/t8-,12+/m0/s1. The minimum atomic E-state index is -3.69. The Bertz CT molecular complexity index is 542. The Morgan fingerprint density at radius 2 is 2.16 bits per heavy atom. The van der Waals surface area contributed by atoms with Gasteiger partial charge in [-0.05, 0) is 25.0 Å². The van der Waals surface area contributed by atoms with Crippen molar-refractivity contribution >= 4 is 31.3 Å². The average molecular weight is 327 g/mol. The zero-order valence-electron chi connectivity index (χ0n) is 9.98. The van der Waals surface area contributed by atoms with Gasteiger partial charge in [-0.15, -0.1) is 0 Å². The van der Waals surface area contributed by atoms with Crippen molar-refractivity contribution in [3.05, 3.63) is 34.6 Å². The molecule has 2 atom stereocenters. The van der Waals surface area contributed by atoms with E-state index in [0.717, 1.165) is 0 Å². The molecule has 0 unspecified atom stereocenters. The fourth-order valence-electron chi connectivity index (χ4n) is 2.33. The van der Waals surface area contributed by atoms with Gasteiger partial charge in [0.05, 0.1) is 11.9 Å². The van der Waals surface area contributed by atoms with Crippen LogP contribution in [0, 0.1) is 11.7 Å². The lowest BCUT2D eigenvalue weighted by Gasteiger charge is -2.29. The highest BCUT2D eigenvalue weighted by Crippen LogP contribution is 2.30. The molecule has 1 heterocycles. The molecule has 0 amide bonds. The molecule has 7 heteroatoms. The van der Waals surface area contributed by atoms with Gasteiger partial charge in [-0.3, -0.25) is 0 Å². The fourth-order valence-corrected chi connectivity index (χ4v) is 4.28. The number of hydrogen-bond donors (Lipinski definition) is 0. The molecule has 0 aromatic heterocycles. The molecule has 0 bridgehead atoms. The van der Waals surface area contributed by atoms with Crippen LogP contribution in [-0.2, 0) is 20.2 Å². The van der Waals surface area contributed by atoms with E-state index in [2.05, 4.69) is 0 Å². The molecule has 1 aliphatic rings. The molecule has 1 saturated heterocycles. The maximum Gasteiger partial charge on any atom is 0.235 e. The zero-order valence-corrected chi connectivity index (χ0v) is 12.3. The van der Waals surface area contributed by atoms with Crippen LogP contribution in [-0.4, -0.2) is 26.9 Å². The Kier molecular flexibility index (Phi) is 4.71. The second-order valence-electron chi connectivity index (χ2n) is 4.54. The van der Waals surface area contributed by atoms with Gasteiger partial charge in [-0.1, -0.05) is 17.7 Å². The summed E-state index contributed by atoms with van der Waals surface area (Å²) in [7, 11) is 1.75. The summed E-state index contributed by atoms with van der Waals surface area (Å²) in [6.45, 7) is 0.583. The van der Waals surface area contributed by atoms with E-state index in [1.165, 1.54) is 12.1 Å². The molecule has 1 fully saturated rings. The maximum absolute atomic E-state index is 13.7. The van der Waals surface area contributed by atoms with Crippen LogP contribution in [0.1, 0.15) is 12.0 Å². The van der Waals surface area contributed by atoms with Crippen LogP contribution in [0.15, 0.2) is 18.2 Å². The lowest BCUT2D eigenvalue weighted by atomic mass is 9.93. The van der Waals surface area contributed by atoms with Crippen molar-refractivity contribution in [3.63, 3.8) is 0 Å². The van der Waals surface area contributed by atoms with Gasteiger partial charge in [0.1, 0.15) is 5.82 Å². The minimum absolute atomic E-state index is 0.197. The molecule has 19 heavy (non-hydrogen) atoms. The molecule has 106 valence electrons. The summed E-state index contributed by atoms with van der Waals surface area (Å²) in [5.41, 5.74) is 0.310. The Hall–Kier alpha value is -0.360. The molecule has 0 spiro atoms. The van der Waals surface area contributed by atoms with E-state index in [4.69, 9.17) is 27.0 Å². The summed E-state index contributed by atoms with van der Waals surface area (Å²) >= 11 is 5.95. The molecular formula is C12H13Cl2FO3S. The van der Waals surface area contributed by atoms with Gasteiger partial charge in [0, 0.05) is 33.8 Å². The van der Waals surface area contributed by atoms with E-state index in [1.54, 1.807) is 6.07 Å². The van der Waals surface area contributed by atoms with Gasteiger partial charge < -0.3 is 4.74 Å². The van der Waals surface area contributed by atoms with Crippen molar-refractivity contribution in [2.45, 2.75) is 18.1 Å². The first kappa shape index (κ1) is 15.0. The summed E-state index contributed by atoms with van der Waals surface area (Å²) in [5.74, 6) is -0.825. The molecule has 0 saturated carbocycles.